The van der Waals surface area contributed by atoms with Gasteiger partial charge < -0.3 is 5.32 Å². The van der Waals surface area contributed by atoms with Gasteiger partial charge in [-0.2, -0.15) is 5.26 Å². The van der Waals surface area contributed by atoms with Crippen LogP contribution in [0.1, 0.15) is 32.4 Å². The molecule has 0 saturated carbocycles. The number of nitrogens with one attached hydrogen (secondary N) is 1. The summed E-state index contributed by atoms with van der Waals surface area (Å²) in [6.07, 6.45) is 0. The van der Waals surface area contributed by atoms with Gasteiger partial charge in [0.15, 0.2) is 0 Å². The highest BCUT2D eigenvalue weighted by molar-refractivity contribution is 5.22. The second kappa shape index (κ2) is 5.24. The highest BCUT2D eigenvalue weighted by Crippen LogP contribution is 2.21. The third-order valence-electron chi connectivity index (χ3n) is 2.59. The van der Waals surface area contributed by atoms with E-state index < -0.39 is 23.1 Å². The van der Waals surface area contributed by atoms with Gasteiger partial charge in [-0.1, -0.05) is 6.07 Å². The Bertz CT molecular complexity index is 415. The quantitative estimate of drug-likeness (QED) is 0.874. The van der Waals surface area contributed by atoms with Gasteiger partial charge in [0.05, 0.1) is 11.5 Å². The Kier molecular flexibility index (Phi) is 4.19. The summed E-state index contributed by atoms with van der Waals surface area (Å²) in [6.45, 7) is 5.59. The first-order valence-corrected chi connectivity index (χ1v) is 5.46. The van der Waals surface area contributed by atoms with Gasteiger partial charge in [-0.3, -0.25) is 0 Å². The third-order valence-corrected chi connectivity index (χ3v) is 2.59. The molecule has 2 nitrogen and oxygen atoms in total. The first-order chi connectivity index (χ1) is 7.87. The molecular weight excluding hydrogens is 222 g/mol. The molecule has 0 radical (unpaired) electrons. The summed E-state index contributed by atoms with van der Waals surface area (Å²) >= 11 is 0. The number of hydrogen-bond donors (Lipinski definition) is 1. The van der Waals surface area contributed by atoms with Crippen LogP contribution in [0.25, 0.3) is 0 Å². The van der Waals surface area contributed by atoms with Gasteiger partial charge in [0.2, 0.25) is 0 Å². The maximum atomic E-state index is 13.5. The van der Waals surface area contributed by atoms with E-state index in [1.54, 1.807) is 20.8 Å². The molecule has 92 valence electrons. The van der Waals surface area contributed by atoms with E-state index in [2.05, 4.69) is 11.4 Å². The van der Waals surface area contributed by atoms with Crippen molar-refractivity contribution >= 4 is 0 Å². The summed E-state index contributed by atoms with van der Waals surface area (Å²) in [5.74, 6) is -1.14. The lowest BCUT2D eigenvalue weighted by Gasteiger charge is -2.21. The molecule has 1 rings (SSSR count). The summed E-state index contributed by atoms with van der Waals surface area (Å²) < 4.78 is 26.9. The van der Waals surface area contributed by atoms with E-state index in [0.717, 1.165) is 0 Å². The number of benzene rings is 1. The van der Waals surface area contributed by atoms with Crippen LogP contribution >= 0.6 is 0 Å². The normalized spacial score (nSPS) is 13.2. The zero-order chi connectivity index (χ0) is 13.1. The first-order valence-electron chi connectivity index (χ1n) is 5.46. The summed E-state index contributed by atoms with van der Waals surface area (Å²) in [7, 11) is 0. The Labute approximate surface area is 100 Å². The average molecular weight is 238 g/mol. The highest BCUT2D eigenvalue weighted by Gasteiger charge is 2.20. The average Bonchev–Trinajstić information content (AvgIpc) is 2.26. The van der Waals surface area contributed by atoms with E-state index in [1.807, 2.05) is 0 Å². The van der Waals surface area contributed by atoms with Crippen LogP contribution in [0.15, 0.2) is 18.2 Å². The first kappa shape index (κ1) is 13.6. The van der Waals surface area contributed by atoms with E-state index in [1.165, 1.54) is 18.2 Å². The van der Waals surface area contributed by atoms with Crippen LogP contribution in [0.2, 0.25) is 0 Å². The molecule has 0 amide bonds. The summed E-state index contributed by atoms with van der Waals surface area (Å²) in [6, 6.07) is 5.45. The summed E-state index contributed by atoms with van der Waals surface area (Å²) in [5, 5.41) is 11.8. The zero-order valence-corrected chi connectivity index (χ0v) is 10.2. The molecule has 1 N–H and O–H groups in total. The lowest BCUT2D eigenvalue weighted by atomic mass is 9.95. The van der Waals surface area contributed by atoms with Gasteiger partial charge in [0.1, 0.15) is 11.6 Å². The summed E-state index contributed by atoms with van der Waals surface area (Å²) in [5.41, 5.74) is -0.544. The molecule has 1 unspecified atom stereocenters. The zero-order valence-electron chi connectivity index (χ0n) is 10.2. The van der Waals surface area contributed by atoms with Crippen LogP contribution < -0.4 is 5.32 Å². The monoisotopic (exact) mass is 238 g/mol. The molecule has 0 aliphatic rings. The third kappa shape index (κ3) is 3.50. The topological polar surface area (TPSA) is 35.8 Å². The van der Waals surface area contributed by atoms with Crippen molar-refractivity contribution < 1.29 is 8.78 Å². The molecule has 0 fully saturated rings. The number of nitrogens with zero attached hydrogens (tertiary/aromatic N) is 1. The second-order valence-electron chi connectivity index (χ2n) is 4.73. The Hall–Kier alpha value is -1.47. The van der Waals surface area contributed by atoms with Gasteiger partial charge in [-0.25, -0.2) is 8.78 Å². The van der Waals surface area contributed by atoms with E-state index >= 15 is 0 Å². The molecule has 0 aliphatic carbocycles. The molecule has 0 heterocycles. The molecule has 0 bridgehead atoms. The standard InChI is InChI=1S/C13H16F2N2/c1-9(17-8-13(2,3)7-16)12-10(14)5-4-6-11(12)15/h4-6,9,17H,8H2,1-3H3. The number of hydrogen-bond acceptors (Lipinski definition) is 2. The molecule has 0 aromatic heterocycles. The highest BCUT2D eigenvalue weighted by atomic mass is 19.1. The smallest absolute Gasteiger partial charge is 0.130 e. The fourth-order valence-electron chi connectivity index (χ4n) is 1.47. The lowest BCUT2D eigenvalue weighted by molar-refractivity contribution is 0.400. The largest absolute Gasteiger partial charge is 0.308 e. The molecular formula is C13H16F2N2. The summed E-state index contributed by atoms with van der Waals surface area (Å²) in [4.78, 5) is 0. The van der Waals surface area contributed by atoms with Crippen molar-refractivity contribution in [2.24, 2.45) is 5.41 Å². The fraction of sp³-hybridized carbons (Fsp3) is 0.462. The van der Waals surface area contributed by atoms with E-state index in [4.69, 9.17) is 5.26 Å². The van der Waals surface area contributed by atoms with Crippen molar-refractivity contribution in [1.29, 1.82) is 5.26 Å². The minimum absolute atomic E-state index is 0.0150. The predicted molar refractivity (Wildman–Crippen MR) is 62.2 cm³/mol. The molecule has 0 aliphatic heterocycles. The van der Waals surface area contributed by atoms with Gasteiger partial charge in [0, 0.05) is 18.2 Å². The number of nitriles is 1. The van der Waals surface area contributed by atoms with Gasteiger partial charge in [0.25, 0.3) is 0 Å². The van der Waals surface area contributed by atoms with Crippen LogP contribution in [-0.2, 0) is 0 Å². The fourth-order valence-corrected chi connectivity index (χ4v) is 1.47. The molecule has 4 heteroatoms. The Morgan fingerprint density at radius 2 is 1.88 bits per heavy atom. The van der Waals surface area contributed by atoms with Crippen molar-refractivity contribution in [1.82, 2.24) is 5.32 Å². The van der Waals surface area contributed by atoms with Crippen LogP contribution in [0, 0.1) is 28.4 Å². The molecule has 1 aromatic rings. The number of halogens is 2. The molecule has 17 heavy (non-hydrogen) atoms. The van der Waals surface area contributed by atoms with Crippen molar-refractivity contribution in [3.05, 3.63) is 35.4 Å². The lowest BCUT2D eigenvalue weighted by Crippen LogP contribution is -2.31. The molecule has 0 spiro atoms. The molecule has 1 aromatic carbocycles. The number of rotatable bonds is 4. The van der Waals surface area contributed by atoms with Crippen LogP contribution in [0.4, 0.5) is 8.78 Å². The second-order valence-corrected chi connectivity index (χ2v) is 4.73. The molecule has 0 saturated heterocycles. The van der Waals surface area contributed by atoms with Gasteiger partial charge >= 0.3 is 0 Å². The minimum atomic E-state index is -0.570. The Morgan fingerprint density at radius 3 is 2.35 bits per heavy atom. The molecule has 1 atom stereocenters. The van der Waals surface area contributed by atoms with Crippen molar-refractivity contribution in [2.75, 3.05) is 6.54 Å². The van der Waals surface area contributed by atoms with E-state index in [9.17, 15) is 8.78 Å². The van der Waals surface area contributed by atoms with E-state index in [0.29, 0.717) is 6.54 Å². The van der Waals surface area contributed by atoms with Crippen LogP contribution in [0.3, 0.4) is 0 Å². The van der Waals surface area contributed by atoms with Gasteiger partial charge in [-0.05, 0) is 32.9 Å². The maximum absolute atomic E-state index is 13.5. The van der Waals surface area contributed by atoms with Crippen molar-refractivity contribution in [2.45, 2.75) is 26.8 Å². The minimum Gasteiger partial charge on any atom is -0.308 e. The van der Waals surface area contributed by atoms with Gasteiger partial charge in [-0.15, -0.1) is 0 Å². The van der Waals surface area contributed by atoms with E-state index in [-0.39, 0.29) is 5.56 Å². The van der Waals surface area contributed by atoms with Crippen molar-refractivity contribution in [3.63, 3.8) is 0 Å². The van der Waals surface area contributed by atoms with Crippen LogP contribution in [-0.4, -0.2) is 6.54 Å². The maximum Gasteiger partial charge on any atom is 0.130 e. The van der Waals surface area contributed by atoms with Crippen LogP contribution in [0.5, 0.6) is 0 Å². The SMILES string of the molecule is CC(NCC(C)(C)C#N)c1c(F)cccc1F. The van der Waals surface area contributed by atoms with Crippen molar-refractivity contribution in [3.8, 4) is 6.07 Å². The predicted octanol–water partition coefficient (Wildman–Crippen LogP) is 3.17. The Morgan fingerprint density at radius 1 is 1.35 bits per heavy atom. The Balaban J connectivity index is 2.78.